The zero-order valence-corrected chi connectivity index (χ0v) is 14.6. The highest BCUT2D eigenvalue weighted by Crippen LogP contribution is 2.25. The molecule has 0 radical (unpaired) electrons. The average molecular weight is 334 g/mol. The predicted octanol–water partition coefficient (Wildman–Crippen LogP) is 3.98. The molecule has 2 N–H and O–H groups in total. The van der Waals surface area contributed by atoms with Gasteiger partial charge >= 0.3 is 0 Å². The number of fused-ring (bicyclic) bond motifs is 1. The zero-order chi connectivity index (χ0) is 17.1. The number of nitrogens with one attached hydrogen (secondary N) is 1. The van der Waals surface area contributed by atoms with Crippen LogP contribution in [0, 0.1) is 5.92 Å². The number of likely N-dealkylation sites (tertiary alicyclic amines) is 1. The van der Waals surface area contributed by atoms with E-state index < -0.39 is 0 Å². The monoisotopic (exact) mass is 334 g/mol. The molecule has 1 aliphatic heterocycles. The number of hydrogen-bond donors (Lipinski definition) is 2. The van der Waals surface area contributed by atoms with Gasteiger partial charge in [0.25, 0.3) is 0 Å². The molecule has 3 aromatic rings. The highest BCUT2D eigenvalue weighted by atomic mass is 16.3. The summed E-state index contributed by atoms with van der Waals surface area (Å²) in [6, 6.07) is 19.1. The molecule has 1 aromatic heterocycles. The first-order valence-corrected chi connectivity index (χ1v) is 9.28. The van der Waals surface area contributed by atoms with Crippen LogP contribution in [-0.4, -0.2) is 34.2 Å². The summed E-state index contributed by atoms with van der Waals surface area (Å²) < 4.78 is 0. The van der Waals surface area contributed by atoms with E-state index >= 15 is 0 Å². The van der Waals surface area contributed by atoms with Crippen LogP contribution in [0.25, 0.3) is 10.9 Å². The largest absolute Gasteiger partial charge is 0.392 e. The summed E-state index contributed by atoms with van der Waals surface area (Å²) in [6.07, 6.45) is 4.71. The fourth-order valence-corrected chi connectivity index (χ4v) is 3.98. The average Bonchev–Trinajstić information content (AvgIpc) is 3.11. The van der Waals surface area contributed by atoms with Crippen molar-refractivity contribution in [3.05, 3.63) is 71.9 Å². The molecule has 0 amide bonds. The Morgan fingerprint density at radius 3 is 2.60 bits per heavy atom. The lowest BCUT2D eigenvalue weighted by Crippen LogP contribution is -2.38. The minimum atomic E-state index is -0.222. The molecule has 0 saturated carbocycles. The summed E-state index contributed by atoms with van der Waals surface area (Å²) in [4.78, 5) is 5.76. The first-order chi connectivity index (χ1) is 12.3. The number of benzene rings is 2. The Balaban J connectivity index is 1.30. The Morgan fingerprint density at radius 2 is 1.80 bits per heavy atom. The molecule has 0 spiro atoms. The van der Waals surface area contributed by atoms with Gasteiger partial charge in [0.2, 0.25) is 0 Å². The summed E-state index contributed by atoms with van der Waals surface area (Å²) >= 11 is 0. The van der Waals surface area contributed by atoms with Gasteiger partial charge in [0, 0.05) is 18.3 Å². The van der Waals surface area contributed by atoms with Gasteiger partial charge < -0.3 is 10.1 Å². The van der Waals surface area contributed by atoms with Crippen LogP contribution >= 0.6 is 0 Å². The topological polar surface area (TPSA) is 39.3 Å². The minimum absolute atomic E-state index is 0.222. The molecule has 2 aromatic carbocycles. The van der Waals surface area contributed by atoms with E-state index in [1.165, 1.54) is 22.0 Å². The number of piperidine rings is 1. The molecule has 1 saturated heterocycles. The van der Waals surface area contributed by atoms with Crippen molar-refractivity contribution < 1.29 is 5.11 Å². The van der Waals surface area contributed by atoms with Crippen LogP contribution in [0.15, 0.2) is 60.8 Å². The molecule has 2 heterocycles. The van der Waals surface area contributed by atoms with Crippen LogP contribution in [0.2, 0.25) is 0 Å². The number of nitrogens with zero attached hydrogens (tertiary/aromatic N) is 1. The van der Waals surface area contributed by atoms with Gasteiger partial charge in [-0.2, -0.15) is 0 Å². The van der Waals surface area contributed by atoms with Crippen LogP contribution in [-0.2, 0) is 13.0 Å². The van der Waals surface area contributed by atoms with Gasteiger partial charge in [-0.05, 0) is 73.0 Å². The number of aromatic nitrogens is 1. The van der Waals surface area contributed by atoms with Crippen molar-refractivity contribution >= 4 is 10.9 Å². The maximum absolute atomic E-state index is 10.6. The minimum Gasteiger partial charge on any atom is -0.392 e. The third-order valence-electron chi connectivity index (χ3n) is 5.49. The molecule has 3 nitrogen and oxygen atoms in total. The standard InChI is InChI=1S/C22H26N2O/c25-22(15-17-4-2-1-3-5-17)19-9-12-24(13-10-19)16-18-6-7-21-20(14-18)8-11-23-21/h1-8,11,14,19,22-23,25H,9-10,12-13,15-16H2/t22-/m0/s1. The number of aliphatic hydroxyl groups is 1. The smallest absolute Gasteiger partial charge is 0.0609 e. The Hall–Kier alpha value is -2.10. The Morgan fingerprint density at radius 1 is 1.00 bits per heavy atom. The summed E-state index contributed by atoms with van der Waals surface area (Å²) in [5.74, 6) is 0.420. The van der Waals surface area contributed by atoms with Crippen molar-refractivity contribution in [1.29, 1.82) is 0 Å². The number of rotatable bonds is 5. The normalized spacial score (nSPS) is 17.8. The lowest BCUT2D eigenvalue weighted by molar-refractivity contribution is 0.0576. The van der Waals surface area contributed by atoms with Crippen molar-refractivity contribution in [1.82, 2.24) is 9.88 Å². The van der Waals surface area contributed by atoms with Crippen molar-refractivity contribution in [2.24, 2.45) is 5.92 Å². The lowest BCUT2D eigenvalue weighted by atomic mass is 9.88. The second-order valence-corrected chi connectivity index (χ2v) is 7.27. The third kappa shape index (κ3) is 3.94. The molecule has 1 fully saturated rings. The molecule has 0 unspecified atom stereocenters. The van der Waals surface area contributed by atoms with Crippen molar-refractivity contribution in [3.8, 4) is 0 Å². The SMILES string of the molecule is O[C@@H](Cc1ccccc1)C1CCN(Cc2ccc3[nH]ccc3c2)CC1. The van der Waals surface area contributed by atoms with Gasteiger partial charge in [0.15, 0.2) is 0 Å². The fourth-order valence-electron chi connectivity index (χ4n) is 3.98. The van der Waals surface area contributed by atoms with E-state index in [-0.39, 0.29) is 6.10 Å². The highest BCUT2D eigenvalue weighted by Gasteiger charge is 2.25. The predicted molar refractivity (Wildman–Crippen MR) is 102 cm³/mol. The quantitative estimate of drug-likeness (QED) is 0.741. The molecule has 1 atom stereocenters. The first kappa shape index (κ1) is 16.4. The van der Waals surface area contributed by atoms with E-state index in [9.17, 15) is 5.11 Å². The van der Waals surface area contributed by atoms with E-state index in [0.29, 0.717) is 5.92 Å². The summed E-state index contributed by atoms with van der Waals surface area (Å²) in [6.45, 7) is 3.14. The molecule has 1 aliphatic rings. The molecule has 4 rings (SSSR count). The summed E-state index contributed by atoms with van der Waals surface area (Å²) in [5.41, 5.74) is 3.80. The number of H-pyrrole nitrogens is 1. The van der Waals surface area contributed by atoms with Gasteiger partial charge in [0.05, 0.1) is 6.10 Å². The Bertz CT molecular complexity index is 803. The molecule has 25 heavy (non-hydrogen) atoms. The van der Waals surface area contributed by atoms with Gasteiger partial charge in [0.1, 0.15) is 0 Å². The zero-order valence-electron chi connectivity index (χ0n) is 14.6. The summed E-state index contributed by atoms with van der Waals surface area (Å²) in [7, 11) is 0. The van der Waals surface area contributed by atoms with Crippen LogP contribution in [0.3, 0.4) is 0 Å². The van der Waals surface area contributed by atoms with Crippen LogP contribution in [0.1, 0.15) is 24.0 Å². The number of hydrogen-bond acceptors (Lipinski definition) is 2. The van der Waals surface area contributed by atoms with Gasteiger partial charge in [-0.15, -0.1) is 0 Å². The molecular formula is C22H26N2O. The second kappa shape index (κ2) is 7.42. The lowest BCUT2D eigenvalue weighted by Gasteiger charge is -2.34. The van der Waals surface area contributed by atoms with Crippen molar-refractivity contribution in [3.63, 3.8) is 0 Å². The van der Waals surface area contributed by atoms with Crippen LogP contribution in [0.5, 0.6) is 0 Å². The van der Waals surface area contributed by atoms with E-state index in [1.807, 2.05) is 24.4 Å². The van der Waals surface area contributed by atoms with Crippen LogP contribution in [0.4, 0.5) is 0 Å². The van der Waals surface area contributed by atoms with Gasteiger partial charge in [-0.25, -0.2) is 0 Å². The van der Waals surface area contributed by atoms with E-state index in [1.54, 1.807) is 0 Å². The van der Waals surface area contributed by atoms with Crippen molar-refractivity contribution in [2.75, 3.05) is 13.1 Å². The molecule has 0 bridgehead atoms. The first-order valence-electron chi connectivity index (χ1n) is 9.28. The maximum atomic E-state index is 10.6. The van der Waals surface area contributed by atoms with E-state index in [0.717, 1.165) is 38.9 Å². The van der Waals surface area contributed by atoms with Crippen LogP contribution < -0.4 is 0 Å². The Kier molecular flexibility index (Phi) is 4.86. The third-order valence-corrected chi connectivity index (χ3v) is 5.49. The molecule has 3 heteroatoms. The van der Waals surface area contributed by atoms with E-state index in [4.69, 9.17) is 0 Å². The molecular weight excluding hydrogens is 308 g/mol. The maximum Gasteiger partial charge on any atom is 0.0609 e. The molecule has 130 valence electrons. The summed E-state index contributed by atoms with van der Waals surface area (Å²) in [5, 5.41) is 11.9. The second-order valence-electron chi connectivity index (χ2n) is 7.27. The van der Waals surface area contributed by atoms with Crippen molar-refractivity contribution in [2.45, 2.75) is 31.9 Å². The van der Waals surface area contributed by atoms with Gasteiger partial charge in [-0.3, -0.25) is 4.90 Å². The fraction of sp³-hybridized carbons (Fsp3) is 0.364. The number of aromatic amines is 1. The highest BCUT2D eigenvalue weighted by molar-refractivity contribution is 5.79. The van der Waals surface area contributed by atoms with E-state index in [2.05, 4.69) is 46.3 Å². The van der Waals surface area contributed by atoms with Gasteiger partial charge in [-0.1, -0.05) is 36.4 Å². The molecule has 0 aliphatic carbocycles. The Labute approximate surface area is 149 Å². The number of aliphatic hydroxyl groups excluding tert-OH is 1.